The van der Waals surface area contributed by atoms with Gasteiger partial charge in [-0.25, -0.2) is 8.42 Å². The smallest absolute Gasteiger partial charge is 0.243 e. The van der Waals surface area contributed by atoms with Crippen LogP contribution in [0, 0.1) is 6.92 Å². The molecule has 0 unspecified atom stereocenters. The summed E-state index contributed by atoms with van der Waals surface area (Å²) in [5, 5.41) is 3.02. The monoisotopic (exact) mass is 400 g/mol. The molecule has 1 N–H and O–H groups in total. The second-order valence-corrected chi connectivity index (χ2v) is 9.41. The van der Waals surface area contributed by atoms with E-state index in [4.69, 9.17) is 0 Å². The second-order valence-electron chi connectivity index (χ2n) is 7.47. The van der Waals surface area contributed by atoms with Crippen molar-refractivity contribution in [3.8, 4) is 0 Å². The molecule has 1 saturated carbocycles. The van der Waals surface area contributed by atoms with Gasteiger partial charge in [0, 0.05) is 12.6 Å². The summed E-state index contributed by atoms with van der Waals surface area (Å²) in [4.78, 5) is 12.8. The Bertz CT molecular complexity index is 874. The summed E-state index contributed by atoms with van der Waals surface area (Å²) in [6.45, 7) is 1.97. The molecule has 2 aromatic carbocycles. The minimum Gasteiger partial charge on any atom is -0.352 e. The zero-order chi connectivity index (χ0) is 20.0. The van der Waals surface area contributed by atoms with Crippen molar-refractivity contribution in [3.05, 3.63) is 65.7 Å². The Hall–Kier alpha value is -2.18. The standard InChI is InChI=1S/C22H28N2O3S/c1-18-12-14-19(15-13-18)16-24(28(26,27)21-10-6-3-7-11-21)17-22(25)23-20-8-4-2-5-9-20/h3,6-7,10-15,20H,2,4-5,8-9,16-17H2,1H3,(H,23,25). The molecule has 150 valence electrons. The maximum Gasteiger partial charge on any atom is 0.243 e. The Labute approximate surface area is 167 Å². The Morgan fingerprint density at radius 1 is 1.00 bits per heavy atom. The van der Waals surface area contributed by atoms with Gasteiger partial charge in [0.15, 0.2) is 0 Å². The summed E-state index contributed by atoms with van der Waals surface area (Å²) in [6.07, 6.45) is 5.36. The summed E-state index contributed by atoms with van der Waals surface area (Å²) in [6, 6.07) is 16.2. The number of hydrogen-bond donors (Lipinski definition) is 1. The summed E-state index contributed by atoms with van der Waals surface area (Å²) < 4.78 is 27.6. The summed E-state index contributed by atoms with van der Waals surface area (Å²) in [7, 11) is -3.77. The van der Waals surface area contributed by atoms with E-state index in [-0.39, 0.29) is 29.9 Å². The van der Waals surface area contributed by atoms with Crippen molar-refractivity contribution in [1.29, 1.82) is 0 Å². The summed E-state index contributed by atoms with van der Waals surface area (Å²) >= 11 is 0. The predicted molar refractivity (Wildman–Crippen MR) is 110 cm³/mol. The molecule has 0 atom stereocenters. The van der Waals surface area contributed by atoms with Gasteiger partial charge in [0.05, 0.1) is 11.4 Å². The van der Waals surface area contributed by atoms with Crippen LogP contribution in [0.25, 0.3) is 0 Å². The molecule has 6 heteroatoms. The lowest BCUT2D eigenvalue weighted by atomic mass is 9.95. The Morgan fingerprint density at radius 2 is 1.64 bits per heavy atom. The lowest BCUT2D eigenvalue weighted by molar-refractivity contribution is -0.122. The number of benzene rings is 2. The molecule has 3 rings (SSSR count). The minimum atomic E-state index is -3.77. The lowest BCUT2D eigenvalue weighted by Gasteiger charge is -2.26. The molecule has 1 amide bonds. The van der Waals surface area contributed by atoms with Crippen LogP contribution in [0.2, 0.25) is 0 Å². The molecule has 0 bridgehead atoms. The van der Waals surface area contributed by atoms with Gasteiger partial charge in [-0.05, 0) is 37.5 Å². The quantitative estimate of drug-likeness (QED) is 0.772. The normalized spacial score (nSPS) is 15.5. The van der Waals surface area contributed by atoms with E-state index in [0.29, 0.717) is 0 Å². The topological polar surface area (TPSA) is 66.5 Å². The van der Waals surface area contributed by atoms with Crippen LogP contribution in [0.3, 0.4) is 0 Å². The molecule has 0 radical (unpaired) electrons. The number of amides is 1. The Morgan fingerprint density at radius 3 is 2.29 bits per heavy atom. The van der Waals surface area contributed by atoms with Crippen LogP contribution < -0.4 is 5.32 Å². The van der Waals surface area contributed by atoms with Gasteiger partial charge in [0.25, 0.3) is 0 Å². The van der Waals surface area contributed by atoms with Crippen molar-refractivity contribution in [2.24, 2.45) is 0 Å². The van der Waals surface area contributed by atoms with E-state index < -0.39 is 10.0 Å². The fourth-order valence-electron chi connectivity index (χ4n) is 3.54. The van der Waals surface area contributed by atoms with Crippen LogP contribution in [0.1, 0.15) is 43.2 Å². The highest BCUT2D eigenvalue weighted by atomic mass is 32.2. The molecule has 1 aliphatic rings. The first-order valence-corrected chi connectivity index (χ1v) is 11.3. The highest BCUT2D eigenvalue weighted by molar-refractivity contribution is 7.89. The van der Waals surface area contributed by atoms with Gasteiger partial charge in [0.1, 0.15) is 0 Å². The number of aryl methyl sites for hydroxylation is 1. The number of nitrogens with zero attached hydrogens (tertiary/aromatic N) is 1. The third-order valence-electron chi connectivity index (χ3n) is 5.15. The van der Waals surface area contributed by atoms with Crippen molar-refractivity contribution >= 4 is 15.9 Å². The Balaban J connectivity index is 1.79. The number of carbonyl (C=O) groups is 1. The summed E-state index contributed by atoms with van der Waals surface area (Å²) in [5.41, 5.74) is 1.96. The SMILES string of the molecule is Cc1ccc(CN(CC(=O)NC2CCCCC2)S(=O)(=O)c2ccccc2)cc1. The molecule has 28 heavy (non-hydrogen) atoms. The van der Waals surface area contributed by atoms with Gasteiger partial charge in [-0.2, -0.15) is 4.31 Å². The molecule has 5 nitrogen and oxygen atoms in total. The fraction of sp³-hybridized carbons (Fsp3) is 0.409. The van der Waals surface area contributed by atoms with Gasteiger partial charge in [-0.15, -0.1) is 0 Å². The number of carbonyl (C=O) groups excluding carboxylic acids is 1. The molecule has 1 aliphatic carbocycles. The van der Waals surface area contributed by atoms with Crippen molar-refractivity contribution in [3.63, 3.8) is 0 Å². The average Bonchev–Trinajstić information content (AvgIpc) is 2.70. The average molecular weight is 401 g/mol. The van der Waals surface area contributed by atoms with Crippen molar-refractivity contribution in [2.75, 3.05) is 6.54 Å². The molecule has 2 aromatic rings. The van der Waals surface area contributed by atoms with Gasteiger partial charge >= 0.3 is 0 Å². The third kappa shape index (κ3) is 5.42. The first-order valence-electron chi connectivity index (χ1n) is 9.85. The highest BCUT2D eigenvalue weighted by Gasteiger charge is 2.27. The second kappa shape index (κ2) is 9.34. The van der Waals surface area contributed by atoms with E-state index >= 15 is 0 Å². The maximum absolute atomic E-state index is 13.2. The van der Waals surface area contributed by atoms with Crippen molar-refractivity contribution in [2.45, 2.75) is 56.5 Å². The van der Waals surface area contributed by atoms with E-state index in [1.807, 2.05) is 31.2 Å². The van der Waals surface area contributed by atoms with Crippen LogP contribution in [0.15, 0.2) is 59.5 Å². The van der Waals surface area contributed by atoms with Gasteiger partial charge in [-0.3, -0.25) is 4.79 Å². The first-order chi connectivity index (χ1) is 13.4. The van der Waals surface area contributed by atoms with E-state index in [1.54, 1.807) is 30.3 Å². The number of hydrogen-bond acceptors (Lipinski definition) is 3. The number of sulfonamides is 1. The molecule has 0 aliphatic heterocycles. The fourth-order valence-corrected chi connectivity index (χ4v) is 4.95. The molecule has 1 fully saturated rings. The largest absolute Gasteiger partial charge is 0.352 e. The van der Waals surface area contributed by atoms with Crippen LogP contribution >= 0.6 is 0 Å². The lowest BCUT2D eigenvalue weighted by Crippen LogP contribution is -2.44. The number of rotatable bonds is 7. The minimum absolute atomic E-state index is 0.155. The van der Waals surface area contributed by atoms with E-state index in [2.05, 4.69) is 5.32 Å². The molecule has 0 saturated heterocycles. The van der Waals surface area contributed by atoms with E-state index in [1.165, 1.54) is 10.7 Å². The maximum atomic E-state index is 13.2. The van der Waals surface area contributed by atoms with E-state index in [0.717, 1.165) is 36.8 Å². The summed E-state index contributed by atoms with van der Waals surface area (Å²) in [5.74, 6) is -0.237. The first kappa shape index (κ1) is 20.6. The molecular weight excluding hydrogens is 372 g/mol. The Kier molecular flexibility index (Phi) is 6.86. The molecule has 0 heterocycles. The highest BCUT2D eigenvalue weighted by Crippen LogP contribution is 2.20. The third-order valence-corrected chi connectivity index (χ3v) is 6.96. The zero-order valence-electron chi connectivity index (χ0n) is 16.3. The van der Waals surface area contributed by atoms with Crippen LogP contribution in [0.4, 0.5) is 0 Å². The molecular formula is C22H28N2O3S. The zero-order valence-corrected chi connectivity index (χ0v) is 17.1. The molecule has 0 spiro atoms. The molecule has 0 aromatic heterocycles. The van der Waals surface area contributed by atoms with Crippen molar-refractivity contribution < 1.29 is 13.2 Å². The van der Waals surface area contributed by atoms with Gasteiger partial charge in [0.2, 0.25) is 15.9 Å². The van der Waals surface area contributed by atoms with E-state index in [9.17, 15) is 13.2 Å². The van der Waals surface area contributed by atoms with Gasteiger partial charge < -0.3 is 5.32 Å². The van der Waals surface area contributed by atoms with Crippen LogP contribution in [-0.4, -0.2) is 31.2 Å². The van der Waals surface area contributed by atoms with Gasteiger partial charge in [-0.1, -0.05) is 67.3 Å². The van der Waals surface area contributed by atoms with Crippen LogP contribution in [0.5, 0.6) is 0 Å². The number of nitrogens with one attached hydrogen (secondary N) is 1. The van der Waals surface area contributed by atoms with Crippen LogP contribution in [-0.2, 0) is 21.4 Å². The predicted octanol–water partition coefficient (Wildman–Crippen LogP) is 3.63. The van der Waals surface area contributed by atoms with Crippen molar-refractivity contribution in [1.82, 2.24) is 9.62 Å².